The van der Waals surface area contributed by atoms with Crippen LogP contribution in [0.15, 0.2) is 0 Å². The lowest BCUT2D eigenvalue weighted by Crippen LogP contribution is -2.43. The lowest BCUT2D eigenvalue weighted by molar-refractivity contribution is -0.120. The largest absolute Gasteiger partial charge is 0.355 e. The molecule has 0 aromatic heterocycles. The summed E-state index contributed by atoms with van der Waals surface area (Å²) in [5.41, 5.74) is 0. The summed E-state index contributed by atoms with van der Waals surface area (Å²) >= 11 is 0. The van der Waals surface area contributed by atoms with Gasteiger partial charge in [0.1, 0.15) is 9.84 Å². The number of unbranched alkanes of at least 4 members (excludes halogenated alkanes) is 1. The summed E-state index contributed by atoms with van der Waals surface area (Å²) in [5, 5.41) is 5.93. The maximum absolute atomic E-state index is 11.4. The Balaban J connectivity index is 2.13. The zero-order valence-electron chi connectivity index (χ0n) is 10.4. The van der Waals surface area contributed by atoms with Crippen molar-refractivity contribution in [3.8, 4) is 0 Å². The summed E-state index contributed by atoms with van der Waals surface area (Å²) in [7, 11) is -2.81. The van der Waals surface area contributed by atoms with Crippen LogP contribution in [0.5, 0.6) is 0 Å². The van der Waals surface area contributed by atoms with Crippen molar-refractivity contribution >= 4 is 15.7 Å². The molecule has 0 aromatic rings. The summed E-state index contributed by atoms with van der Waals surface area (Å²) in [6, 6.07) is 0.162. The molecule has 1 aliphatic heterocycles. The topological polar surface area (TPSA) is 75.3 Å². The third-order valence-electron chi connectivity index (χ3n) is 2.96. The van der Waals surface area contributed by atoms with Crippen LogP contribution >= 0.6 is 0 Å². The van der Waals surface area contributed by atoms with Crippen LogP contribution in [-0.2, 0) is 14.6 Å². The second kappa shape index (κ2) is 6.96. The molecule has 0 saturated carbocycles. The number of carbonyl (C=O) groups is 1. The highest BCUT2D eigenvalue weighted by atomic mass is 32.2. The normalized spacial score (nSPS) is 20.1. The zero-order chi connectivity index (χ0) is 12.7. The lowest BCUT2D eigenvalue weighted by Gasteiger charge is -2.22. The molecule has 0 unspecified atom stereocenters. The Morgan fingerprint density at radius 3 is 2.53 bits per heavy atom. The number of sulfone groups is 1. The van der Waals surface area contributed by atoms with Gasteiger partial charge in [-0.15, -0.1) is 0 Å². The first-order chi connectivity index (χ1) is 8.03. The highest BCUT2D eigenvalue weighted by molar-refractivity contribution is 7.91. The molecule has 17 heavy (non-hydrogen) atoms. The van der Waals surface area contributed by atoms with E-state index in [1.54, 1.807) is 0 Å². The van der Waals surface area contributed by atoms with Crippen LogP contribution in [0.3, 0.4) is 0 Å². The van der Waals surface area contributed by atoms with Gasteiger partial charge in [0.05, 0.1) is 18.1 Å². The Kier molecular flexibility index (Phi) is 5.91. The average molecular weight is 262 g/mol. The summed E-state index contributed by atoms with van der Waals surface area (Å²) in [4.78, 5) is 11.4. The van der Waals surface area contributed by atoms with E-state index in [1.165, 1.54) is 0 Å². The van der Waals surface area contributed by atoms with Gasteiger partial charge < -0.3 is 10.6 Å². The quantitative estimate of drug-likeness (QED) is 0.664. The summed E-state index contributed by atoms with van der Waals surface area (Å²) in [6.07, 6.45) is 3.29. The Morgan fingerprint density at radius 2 is 1.94 bits per heavy atom. The standard InChI is InChI=1S/C11H22N2O3S/c1-2-3-6-12-11(14)9-13-10-4-7-17(15,16)8-5-10/h10,13H,2-9H2,1H3,(H,12,14). The smallest absolute Gasteiger partial charge is 0.233 e. The predicted molar refractivity (Wildman–Crippen MR) is 67.6 cm³/mol. The Labute approximate surface area is 103 Å². The monoisotopic (exact) mass is 262 g/mol. The fourth-order valence-corrected chi connectivity index (χ4v) is 3.29. The van der Waals surface area contributed by atoms with E-state index in [4.69, 9.17) is 0 Å². The minimum absolute atomic E-state index is 0.00752. The van der Waals surface area contributed by atoms with Gasteiger partial charge >= 0.3 is 0 Å². The molecule has 1 fully saturated rings. The zero-order valence-corrected chi connectivity index (χ0v) is 11.2. The average Bonchev–Trinajstić information content (AvgIpc) is 2.28. The predicted octanol–water partition coefficient (Wildman–Crippen LogP) is 0.0695. The fourth-order valence-electron chi connectivity index (χ4n) is 1.80. The number of amides is 1. The van der Waals surface area contributed by atoms with E-state index in [2.05, 4.69) is 17.6 Å². The van der Waals surface area contributed by atoms with Gasteiger partial charge in [-0.2, -0.15) is 0 Å². The molecule has 5 nitrogen and oxygen atoms in total. The van der Waals surface area contributed by atoms with E-state index in [-0.39, 0.29) is 30.0 Å². The van der Waals surface area contributed by atoms with E-state index in [1.807, 2.05) is 0 Å². The van der Waals surface area contributed by atoms with E-state index >= 15 is 0 Å². The molecule has 0 spiro atoms. The number of hydrogen-bond acceptors (Lipinski definition) is 4. The van der Waals surface area contributed by atoms with Gasteiger partial charge in [0, 0.05) is 12.6 Å². The number of hydrogen-bond donors (Lipinski definition) is 2. The van der Waals surface area contributed by atoms with Gasteiger partial charge in [0.25, 0.3) is 0 Å². The molecule has 2 N–H and O–H groups in total. The molecule has 0 bridgehead atoms. The Bertz CT molecular complexity index is 327. The first-order valence-corrected chi connectivity index (χ1v) is 8.06. The van der Waals surface area contributed by atoms with Crippen LogP contribution in [0.25, 0.3) is 0 Å². The highest BCUT2D eigenvalue weighted by Crippen LogP contribution is 2.11. The number of nitrogens with one attached hydrogen (secondary N) is 2. The van der Waals surface area contributed by atoms with Crippen LogP contribution in [-0.4, -0.2) is 45.0 Å². The molecule has 0 atom stereocenters. The maximum atomic E-state index is 11.4. The van der Waals surface area contributed by atoms with Crippen LogP contribution in [0, 0.1) is 0 Å². The van der Waals surface area contributed by atoms with E-state index in [0.717, 1.165) is 19.4 Å². The van der Waals surface area contributed by atoms with Crippen LogP contribution in [0.4, 0.5) is 0 Å². The van der Waals surface area contributed by atoms with Crippen molar-refractivity contribution in [1.29, 1.82) is 0 Å². The number of rotatable bonds is 6. The summed E-state index contributed by atoms with van der Waals surface area (Å²) in [5.74, 6) is 0.469. The molecule has 0 aliphatic carbocycles. The van der Waals surface area contributed by atoms with Gasteiger partial charge in [0.15, 0.2) is 0 Å². The molecule has 1 amide bonds. The van der Waals surface area contributed by atoms with E-state index in [0.29, 0.717) is 12.8 Å². The molecule has 6 heteroatoms. The van der Waals surface area contributed by atoms with Gasteiger partial charge in [-0.3, -0.25) is 4.79 Å². The second-order valence-electron chi connectivity index (χ2n) is 4.51. The maximum Gasteiger partial charge on any atom is 0.233 e. The SMILES string of the molecule is CCCCNC(=O)CNC1CCS(=O)(=O)CC1. The molecule has 100 valence electrons. The molecule has 1 rings (SSSR count). The second-order valence-corrected chi connectivity index (χ2v) is 6.81. The Morgan fingerprint density at radius 1 is 1.29 bits per heavy atom. The molecule has 1 saturated heterocycles. The van der Waals surface area contributed by atoms with E-state index < -0.39 is 9.84 Å². The fraction of sp³-hybridized carbons (Fsp3) is 0.909. The van der Waals surface area contributed by atoms with Crippen molar-refractivity contribution in [1.82, 2.24) is 10.6 Å². The van der Waals surface area contributed by atoms with Gasteiger partial charge in [0.2, 0.25) is 5.91 Å². The third-order valence-corrected chi connectivity index (χ3v) is 4.67. The van der Waals surface area contributed by atoms with Crippen molar-refractivity contribution < 1.29 is 13.2 Å². The molecule has 1 aliphatic rings. The molecular formula is C11H22N2O3S. The van der Waals surface area contributed by atoms with Crippen molar-refractivity contribution in [2.24, 2.45) is 0 Å². The van der Waals surface area contributed by atoms with Crippen molar-refractivity contribution in [3.05, 3.63) is 0 Å². The van der Waals surface area contributed by atoms with Gasteiger partial charge in [-0.1, -0.05) is 13.3 Å². The summed E-state index contributed by atoms with van der Waals surface area (Å²) < 4.78 is 22.4. The van der Waals surface area contributed by atoms with Gasteiger partial charge in [-0.05, 0) is 19.3 Å². The molecule has 0 radical (unpaired) electrons. The van der Waals surface area contributed by atoms with Crippen LogP contribution < -0.4 is 10.6 Å². The third kappa shape index (κ3) is 6.02. The first-order valence-electron chi connectivity index (χ1n) is 6.24. The molecule has 1 heterocycles. The minimum atomic E-state index is -2.81. The van der Waals surface area contributed by atoms with Gasteiger partial charge in [-0.25, -0.2) is 8.42 Å². The van der Waals surface area contributed by atoms with Crippen molar-refractivity contribution in [3.63, 3.8) is 0 Å². The molecule has 0 aromatic carbocycles. The van der Waals surface area contributed by atoms with E-state index in [9.17, 15) is 13.2 Å². The highest BCUT2D eigenvalue weighted by Gasteiger charge is 2.23. The number of carbonyl (C=O) groups excluding carboxylic acids is 1. The van der Waals surface area contributed by atoms with Crippen LogP contribution in [0.2, 0.25) is 0 Å². The summed E-state index contributed by atoms with van der Waals surface area (Å²) in [6.45, 7) is 3.08. The van der Waals surface area contributed by atoms with Crippen molar-refractivity contribution in [2.75, 3.05) is 24.6 Å². The molecular weight excluding hydrogens is 240 g/mol. The minimum Gasteiger partial charge on any atom is -0.355 e. The first kappa shape index (κ1) is 14.4. The van der Waals surface area contributed by atoms with Crippen molar-refractivity contribution in [2.45, 2.75) is 38.6 Å². The lowest BCUT2D eigenvalue weighted by atomic mass is 10.1. The Hall–Kier alpha value is -0.620. The van der Waals surface area contributed by atoms with Crippen LogP contribution in [0.1, 0.15) is 32.6 Å².